The molecule has 9 heteroatoms. The smallest absolute Gasteiger partial charge is 0.272 e. The maximum Gasteiger partial charge on any atom is 0.272 e. The van der Waals surface area contributed by atoms with Gasteiger partial charge in [0.05, 0.1) is 15.7 Å². The highest BCUT2D eigenvalue weighted by Gasteiger charge is 2.22. The van der Waals surface area contributed by atoms with E-state index < -0.39 is 0 Å². The molecule has 2 amide bonds. The van der Waals surface area contributed by atoms with Crippen molar-refractivity contribution in [2.24, 2.45) is 0 Å². The van der Waals surface area contributed by atoms with E-state index in [0.717, 1.165) is 6.41 Å². The molecule has 7 nitrogen and oxygen atoms in total. The molecule has 1 saturated heterocycles. The second-order valence-corrected chi connectivity index (χ2v) is 6.23. The van der Waals surface area contributed by atoms with Crippen molar-refractivity contribution in [3.8, 4) is 0 Å². The fraction of sp³-hybridized carbons (Fsp3) is 0.250. The van der Waals surface area contributed by atoms with Crippen LogP contribution in [0.15, 0.2) is 30.6 Å². The first-order valence-electron chi connectivity index (χ1n) is 7.60. The molecular formula is C16H15Cl2N5O2. The number of carbonyl (C=O) groups excluding carboxylic acids is 2. The van der Waals surface area contributed by atoms with Gasteiger partial charge in [-0.05, 0) is 12.1 Å². The number of aromatic nitrogens is 2. The quantitative estimate of drug-likeness (QED) is 0.825. The third-order valence-corrected chi connectivity index (χ3v) is 4.67. The van der Waals surface area contributed by atoms with Gasteiger partial charge < -0.3 is 15.1 Å². The van der Waals surface area contributed by atoms with E-state index in [1.165, 1.54) is 6.33 Å². The van der Waals surface area contributed by atoms with Crippen LogP contribution in [-0.2, 0) is 4.79 Å². The summed E-state index contributed by atoms with van der Waals surface area (Å²) in [5.74, 6) is 0.238. The zero-order chi connectivity index (χ0) is 17.8. The molecule has 1 aromatic carbocycles. The Hall–Kier alpha value is -2.38. The van der Waals surface area contributed by atoms with E-state index in [1.54, 1.807) is 34.1 Å². The standard InChI is InChI=1S/C16H15Cl2N5O2/c17-11-2-1-3-12(15(11)18)21-14-8-13(19-9-20-14)16(25)23-6-4-22(10-24)5-7-23/h1-3,8-10H,4-7H2,(H,19,20,21). The van der Waals surface area contributed by atoms with Gasteiger partial charge in [0, 0.05) is 32.2 Å². The van der Waals surface area contributed by atoms with Crippen molar-refractivity contribution >= 4 is 47.0 Å². The van der Waals surface area contributed by atoms with Crippen LogP contribution < -0.4 is 5.32 Å². The molecule has 2 aromatic rings. The van der Waals surface area contributed by atoms with Crippen LogP contribution in [0.1, 0.15) is 10.5 Å². The van der Waals surface area contributed by atoms with E-state index in [1.807, 2.05) is 0 Å². The van der Waals surface area contributed by atoms with Crippen molar-refractivity contribution in [2.75, 3.05) is 31.5 Å². The second kappa shape index (κ2) is 7.67. The number of hydrogen-bond donors (Lipinski definition) is 1. The van der Waals surface area contributed by atoms with Crippen LogP contribution in [0, 0.1) is 0 Å². The fourth-order valence-electron chi connectivity index (χ4n) is 2.47. The predicted octanol–water partition coefficient (Wildman–Crippen LogP) is 2.44. The van der Waals surface area contributed by atoms with Crippen molar-refractivity contribution in [1.82, 2.24) is 19.8 Å². The number of amides is 2. The number of hydrogen-bond acceptors (Lipinski definition) is 5. The molecule has 1 fully saturated rings. The Morgan fingerprint density at radius 3 is 2.64 bits per heavy atom. The molecule has 1 aromatic heterocycles. The Balaban J connectivity index is 1.74. The van der Waals surface area contributed by atoms with Crippen LogP contribution in [0.4, 0.5) is 11.5 Å². The molecule has 0 saturated carbocycles. The fourth-order valence-corrected chi connectivity index (χ4v) is 2.82. The summed E-state index contributed by atoms with van der Waals surface area (Å²) in [5, 5.41) is 3.83. The average molecular weight is 380 g/mol. The Labute approximate surface area is 154 Å². The summed E-state index contributed by atoms with van der Waals surface area (Å²) < 4.78 is 0. The summed E-state index contributed by atoms with van der Waals surface area (Å²) in [6.45, 7) is 1.99. The summed E-state index contributed by atoms with van der Waals surface area (Å²) in [6, 6.07) is 6.77. The molecule has 1 aliphatic heterocycles. The minimum atomic E-state index is -0.201. The lowest BCUT2D eigenvalue weighted by molar-refractivity contribution is -0.119. The van der Waals surface area contributed by atoms with Crippen molar-refractivity contribution in [1.29, 1.82) is 0 Å². The van der Waals surface area contributed by atoms with Crippen molar-refractivity contribution in [3.63, 3.8) is 0 Å². The van der Waals surface area contributed by atoms with Gasteiger partial charge in [-0.15, -0.1) is 0 Å². The lowest BCUT2D eigenvalue weighted by Crippen LogP contribution is -2.48. The van der Waals surface area contributed by atoms with Gasteiger partial charge in [0.1, 0.15) is 17.8 Å². The summed E-state index contributed by atoms with van der Waals surface area (Å²) >= 11 is 12.1. The number of rotatable bonds is 4. The number of benzene rings is 1. The molecule has 0 radical (unpaired) electrons. The maximum absolute atomic E-state index is 12.6. The van der Waals surface area contributed by atoms with E-state index >= 15 is 0 Å². The van der Waals surface area contributed by atoms with E-state index in [0.29, 0.717) is 47.7 Å². The van der Waals surface area contributed by atoms with E-state index in [-0.39, 0.29) is 11.6 Å². The summed E-state index contributed by atoms with van der Waals surface area (Å²) in [4.78, 5) is 34.8. The molecule has 130 valence electrons. The molecule has 1 N–H and O–H groups in total. The highest BCUT2D eigenvalue weighted by Crippen LogP contribution is 2.31. The monoisotopic (exact) mass is 379 g/mol. The highest BCUT2D eigenvalue weighted by atomic mass is 35.5. The van der Waals surface area contributed by atoms with Gasteiger partial charge in [-0.1, -0.05) is 29.3 Å². The topological polar surface area (TPSA) is 78.4 Å². The van der Waals surface area contributed by atoms with Crippen molar-refractivity contribution in [3.05, 3.63) is 46.3 Å². The van der Waals surface area contributed by atoms with Crippen LogP contribution in [0.2, 0.25) is 10.0 Å². The third kappa shape index (κ3) is 4.00. The van der Waals surface area contributed by atoms with Gasteiger partial charge in [0.2, 0.25) is 6.41 Å². The maximum atomic E-state index is 12.6. The summed E-state index contributed by atoms with van der Waals surface area (Å²) in [5.41, 5.74) is 0.862. The van der Waals surface area contributed by atoms with Gasteiger partial charge in [-0.25, -0.2) is 9.97 Å². The first kappa shape index (κ1) is 17.4. The molecular weight excluding hydrogens is 365 g/mol. The van der Waals surface area contributed by atoms with Gasteiger partial charge in [0.15, 0.2) is 0 Å². The number of halogens is 2. The largest absolute Gasteiger partial charge is 0.342 e. The molecule has 0 bridgehead atoms. The average Bonchev–Trinajstić information content (AvgIpc) is 2.65. The summed E-state index contributed by atoms with van der Waals surface area (Å²) in [7, 11) is 0. The van der Waals surface area contributed by atoms with Gasteiger partial charge in [0.25, 0.3) is 5.91 Å². The van der Waals surface area contributed by atoms with Crippen molar-refractivity contribution in [2.45, 2.75) is 0 Å². The Bertz CT molecular complexity index is 794. The molecule has 0 atom stereocenters. The molecule has 3 rings (SSSR count). The van der Waals surface area contributed by atoms with Crippen LogP contribution >= 0.6 is 23.2 Å². The van der Waals surface area contributed by atoms with E-state index in [4.69, 9.17) is 23.2 Å². The highest BCUT2D eigenvalue weighted by molar-refractivity contribution is 6.43. The minimum absolute atomic E-state index is 0.201. The summed E-state index contributed by atoms with van der Waals surface area (Å²) in [6.07, 6.45) is 2.11. The predicted molar refractivity (Wildman–Crippen MR) is 95.3 cm³/mol. The van der Waals surface area contributed by atoms with Crippen LogP contribution in [0.3, 0.4) is 0 Å². The van der Waals surface area contributed by atoms with Crippen molar-refractivity contribution < 1.29 is 9.59 Å². The molecule has 2 heterocycles. The minimum Gasteiger partial charge on any atom is -0.342 e. The van der Waals surface area contributed by atoms with E-state index in [9.17, 15) is 9.59 Å². The number of piperazine rings is 1. The molecule has 0 aliphatic carbocycles. The molecule has 0 unspecified atom stereocenters. The van der Waals surface area contributed by atoms with Crippen LogP contribution in [0.25, 0.3) is 0 Å². The zero-order valence-corrected chi connectivity index (χ0v) is 14.7. The Morgan fingerprint density at radius 2 is 1.92 bits per heavy atom. The normalized spacial score (nSPS) is 14.3. The SMILES string of the molecule is O=CN1CCN(C(=O)c2cc(Nc3cccc(Cl)c3Cl)ncn2)CC1. The molecule has 1 aliphatic rings. The van der Waals surface area contributed by atoms with Gasteiger partial charge in [-0.3, -0.25) is 9.59 Å². The van der Waals surface area contributed by atoms with Crippen LogP contribution in [0.5, 0.6) is 0 Å². The zero-order valence-electron chi connectivity index (χ0n) is 13.2. The van der Waals surface area contributed by atoms with E-state index in [2.05, 4.69) is 15.3 Å². The van der Waals surface area contributed by atoms with Crippen LogP contribution in [-0.4, -0.2) is 58.3 Å². The number of nitrogens with zero attached hydrogens (tertiary/aromatic N) is 4. The molecule has 25 heavy (non-hydrogen) atoms. The van der Waals surface area contributed by atoms with Gasteiger partial charge in [-0.2, -0.15) is 0 Å². The Kier molecular flexibility index (Phi) is 5.35. The number of carbonyl (C=O) groups is 2. The third-order valence-electron chi connectivity index (χ3n) is 3.85. The molecule has 0 spiro atoms. The lowest BCUT2D eigenvalue weighted by atomic mass is 10.2. The first-order valence-corrected chi connectivity index (χ1v) is 8.36. The second-order valence-electron chi connectivity index (χ2n) is 5.45. The number of nitrogens with one attached hydrogen (secondary N) is 1. The van der Waals surface area contributed by atoms with Gasteiger partial charge >= 0.3 is 0 Å². The number of anilines is 2. The Morgan fingerprint density at radius 1 is 1.16 bits per heavy atom. The first-order chi connectivity index (χ1) is 12.1. The lowest BCUT2D eigenvalue weighted by Gasteiger charge is -2.32.